The molecule has 0 bridgehead atoms. The third kappa shape index (κ3) is 6.65. The topological polar surface area (TPSA) is 84.9 Å². The van der Waals surface area contributed by atoms with Gasteiger partial charge in [-0.1, -0.05) is 48.0 Å². The number of hydrogen-bond donors (Lipinski definition) is 1. The van der Waals surface area contributed by atoms with E-state index >= 15 is 0 Å². The van der Waals surface area contributed by atoms with Gasteiger partial charge in [-0.2, -0.15) is 0 Å². The van der Waals surface area contributed by atoms with Crippen LogP contribution in [0, 0.1) is 0 Å². The van der Waals surface area contributed by atoms with Gasteiger partial charge in [0.25, 0.3) is 17.1 Å². The molecular weight excluding hydrogens is 488 g/mol. The van der Waals surface area contributed by atoms with E-state index in [1.54, 1.807) is 48.5 Å². The number of nitrogens with zero attached hydrogens (tertiary/aromatic N) is 1. The Kier molecular flexibility index (Phi) is 8.07. The number of nitrogens with one attached hydrogen (secondary N) is 1. The van der Waals surface area contributed by atoms with Crippen LogP contribution in [0.5, 0.6) is 11.5 Å². The zero-order chi connectivity index (χ0) is 24.6. The number of imide groups is 1. The molecule has 178 valence electrons. The second kappa shape index (κ2) is 11.6. The molecule has 0 aromatic heterocycles. The molecule has 3 amide bonds. The number of anilines is 1. The fourth-order valence-corrected chi connectivity index (χ4v) is 4.27. The van der Waals surface area contributed by atoms with Gasteiger partial charge in [-0.15, -0.1) is 0 Å². The Balaban J connectivity index is 1.40. The molecule has 1 fully saturated rings. The van der Waals surface area contributed by atoms with Crippen molar-refractivity contribution in [2.45, 2.75) is 0 Å². The summed E-state index contributed by atoms with van der Waals surface area (Å²) in [6, 6.07) is 23.0. The molecule has 1 saturated heterocycles. The number of benzene rings is 3. The predicted molar refractivity (Wildman–Crippen MR) is 137 cm³/mol. The first-order valence-electron chi connectivity index (χ1n) is 10.7. The SMILES string of the molecule is O=C(COc1ccc(Cl)cc1/C=C1\SC(=O)N(CCOc2ccccc2)C1=O)Nc1ccccc1. The van der Waals surface area contributed by atoms with E-state index in [0.29, 0.717) is 27.8 Å². The summed E-state index contributed by atoms with van der Waals surface area (Å²) in [4.78, 5) is 38.9. The minimum absolute atomic E-state index is 0.120. The Labute approximate surface area is 211 Å². The van der Waals surface area contributed by atoms with Crippen molar-refractivity contribution in [3.63, 3.8) is 0 Å². The van der Waals surface area contributed by atoms with Crippen LogP contribution in [-0.4, -0.2) is 41.7 Å². The molecule has 35 heavy (non-hydrogen) atoms. The van der Waals surface area contributed by atoms with Gasteiger partial charge in [0.15, 0.2) is 6.61 Å². The molecule has 0 atom stereocenters. The molecule has 1 N–H and O–H groups in total. The fourth-order valence-electron chi connectivity index (χ4n) is 3.23. The largest absolute Gasteiger partial charge is 0.492 e. The van der Waals surface area contributed by atoms with Gasteiger partial charge in [0.1, 0.15) is 18.1 Å². The van der Waals surface area contributed by atoms with Crippen molar-refractivity contribution in [2.75, 3.05) is 25.1 Å². The monoisotopic (exact) mass is 508 g/mol. The third-order valence-electron chi connectivity index (χ3n) is 4.88. The van der Waals surface area contributed by atoms with E-state index in [4.69, 9.17) is 21.1 Å². The maximum Gasteiger partial charge on any atom is 0.293 e. The van der Waals surface area contributed by atoms with Crippen molar-refractivity contribution >= 4 is 52.2 Å². The second-order valence-electron chi connectivity index (χ2n) is 7.38. The first kappa shape index (κ1) is 24.4. The zero-order valence-corrected chi connectivity index (χ0v) is 20.1. The van der Waals surface area contributed by atoms with Gasteiger partial charge in [-0.05, 0) is 60.3 Å². The summed E-state index contributed by atoms with van der Waals surface area (Å²) in [6.45, 7) is 0.0581. The standard InChI is InChI=1S/C26H21ClN2O5S/c27-19-11-12-22(34-17-24(30)28-20-7-3-1-4-8-20)18(15-19)16-23-25(31)29(26(32)35-23)13-14-33-21-9-5-2-6-10-21/h1-12,15-16H,13-14,17H2,(H,28,30)/b23-16-. The highest BCUT2D eigenvalue weighted by Crippen LogP contribution is 2.34. The van der Waals surface area contributed by atoms with E-state index in [9.17, 15) is 14.4 Å². The van der Waals surface area contributed by atoms with Gasteiger partial charge in [0, 0.05) is 16.3 Å². The Morgan fingerprint density at radius 2 is 1.69 bits per heavy atom. The van der Waals surface area contributed by atoms with Gasteiger partial charge in [-0.3, -0.25) is 19.3 Å². The quantitative estimate of drug-likeness (QED) is 0.386. The molecule has 9 heteroatoms. The highest BCUT2D eigenvalue weighted by atomic mass is 35.5. The molecule has 4 rings (SSSR count). The maximum atomic E-state index is 12.9. The van der Waals surface area contributed by atoms with E-state index in [2.05, 4.69) is 5.32 Å². The van der Waals surface area contributed by atoms with Crippen LogP contribution in [0.2, 0.25) is 5.02 Å². The average molecular weight is 509 g/mol. The first-order chi connectivity index (χ1) is 17.0. The zero-order valence-electron chi connectivity index (χ0n) is 18.5. The van der Waals surface area contributed by atoms with E-state index in [0.717, 1.165) is 16.7 Å². The molecule has 0 radical (unpaired) electrons. The summed E-state index contributed by atoms with van der Waals surface area (Å²) in [5.74, 6) is 0.254. The summed E-state index contributed by atoms with van der Waals surface area (Å²) in [5, 5.41) is 2.78. The van der Waals surface area contributed by atoms with Crippen LogP contribution in [0.4, 0.5) is 10.5 Å². The first-order valence-corrected chi connectivity index (χ1v) is 11.9. The number of ether oxygens (including phenoxy) is 2. The number of carbonyl (C=O) groups excluding carboxylic acids is 3. The molecule has 1 aliphatic heterocycles. The Bertz CT molecular complexity index is 1250. The number of hydrogen-bond acceptors (Lipinski definition) is 6. The Morgan fingerprint density at radius 1 is 0.971 bits per heavy atom. The van der Waals surface area contributed by atoms with Gasteiger partial charge in [0.2, 0.25) is 0 Å². The van der Waals surface area contributed by atoms with Gasteiger partial charge in [-0.25, -0.2) is 0 Å². The lowest BCUT2D eigenvalue weighted by Gasteiger charge is -2.13. The van der Waals surface area contributed by atoms with Crippen molar-refractivity contribution < 1.29 is 23.9 Å². The maximum absolute atomic E-state index is 12.9. The molecule has 0 unspecified atom stereocenters. The molecule has 3 aromatic rings. The van der Waals surface area contributed by atoms with Crippen LogP contribution < -0.4 is 14.8 Å². The molecule has 1 heterocycles. The second-order valence-corrected chi connectivity index (χ2v) is 8.81. The molecule has 1 aliphatic rings. The molecule has 0 spiro atoms. The van der Waals surface area contributed by atoms with Gasteiger partial charge >= 0.3 is 0 Å². The van der Waals surface area contributed by atoms with Crippen LogP contribution in [0.1, 0.15) is 5.56 Å². The lowest BCUT2D eigenvalue weighted by atomic mass is 10.2. The van der Waals surface area contributed by atoms with E-state index in [-0.39, 0.29) is 35.8 Å². The van der Waals surface area contributed by atoms with Crippen LogP contribution in [0.25, 0.3) is 6.08 Å². The van der Waals surface area contributed by atoms with Crippen LogP contribution in [0.3, 0.4) is 0 Å². The van der Waals surface area contributed by atoms with Crippen LogP contribution >= 0.6 is 23.4 Å². The van der Waals surface area contributed by atoms with Gasteiger partial charge in [0.05, 0.1) is 11.4 Å². The van der Waals surface area contributed by atoms with E-state index in [1.165, 1.54) is 0 Å². The molecule has 0 aliphatic carbocycles. The molecule has 7 nitrogen and oxygen atoms in total. The highest BCUT2D eigenvalue weighted by Gasteiger charge is 2.35. The fraction of sp³-hybridized carbons (Fsp3) is 0.115. The number of thioether (sulfide) groups is 1. The number of carbonyl (C=O) groups is 3. The van der Waals surface area contributed by atoms with Crippen LogP contribution in [-0.2, 0) is 9.59 Å². The minimum atomic E-state index is -0.426. The van der Waals surface area contributed by atoms with Crippen molar-refractivity contribution in [1.29, 1.82) is 0 Å². The summed E-state index contributed by atoms with van der Waals surface area (Å²) in [6.07, 6.45) is 1.54. The minimum Gasteiger partial charge on any atom is -0.492 e. The van der Waals surface area contributed by atoms with Crippen molar-refractivity contribution in [3.8, 4) is 11.5 Å². The lowest BCUT2D eigenvalue weighted by Crippen LogP contribution is -2.32. The number of para-hydroxylation sites is 2. The lowest BCUT2D eigenvalue weighted by molar-refractivity contribution is -0.123. The Morgan fingerprint density at radius 3 is 2.43 bits per heavy atom. The van der Waals surface area contributed by atoms with E-state index in [1.807, 2.05) is 36.4 Å². The smallest absolute Gasteiger partial charge is 0.293 e. The molecule has 3 aromatic carbocycles. The van der Waals surface area contributed by atoms with Crippen molar-refractivity contribution in [3.05, 3.63) is 94.4 Å². The summed E-state index contributed by atoms with van der Waals surface area (Å²) >= 11 is 6.97. The average Bonchev–Trinajstić information content (AvgIpc) is 3.12. The van der Waals surface area contributed by atoms with E-state index < -0.39 is 5.91 Å². The summed E-state index contributed by atoms with van der Waals surface area (Å²) < 4.78 is 11.3. The predicted octanol–water partition coefficient (Wildman–Crippen LogP) is 5.47. The number of halogens is 1. The van der Waals surface area contributed by atoms with Crippen LogP contribution in [0.15, 0.2) is 83.8 Å². The molecular formula is C26H21ClN2O5S. The summed E-state index contributed by atoms with van der Waals surface area (Å²) in [5.41, 5.74) is 1.14. The highest BCUT2D eigenvalue weighted by molar-refractivity contribution is 8.18. The van der Waals surface area contributed by atoms with Crippen molar-refractivity contribution in [2.24, 2.45) is 0 Å². The van der Waals surface area contributed by atoms with Gasteiger partial charge < -0.3 is 14.8 Å². The summed E-state index contributed by atoms with van der Waals surface area (Å²) in [7, 11) is 0. The normalized spacial score (nSPS) is 14.3. The number of amides is 3. The molecule has 0 saturated carbocycles. The third-order valence-corrected chi connectivity index (χ3v) is 6.02. The Hall–Kier alpha value is -3.75. The number of rotatable bonds is 9. The van der Waals surface area contributed by atoms with Crippen molar-refractivity contribution in [1.82, 2.24) is 4.90 Å².